The van der Waals surface area contributed by atoms with Crippen LogP contribution in [0.1, 0.15) is 37.7 Å². The van der Waals surface area contributed by atoms with E-state index in [4.69, 9.17) is 9.15 Å². The quantitative estimate of drug-likeness (QED) is 0.727. The van der Waals surface area contributed by atoms with E-state index in [-0.39, 0.29) is 17.8 Å². The summed E-state index contributed by atoms with van der Waals surface area (Å²) in [5, 5.41) is 9.28. The minimum Gasteiger partial charge on any atom is -0.452 e. The summed E-state index contributed by atoms with van der Waals surface area (Å²) in [5.41, 5.74) is 0. The van der Waals surface area contributed by atoms with Gasteiger partial charge in [-0.25, -0.2) is 8.42 Å². The van der Waals surface area contributed by atoms with Crippen LogP contribution in [0.3, 0.4) is 0 Å². The molecule has 0 saturated carbocycles. The van der Waals surface area contributed by atoms with E-state index in [1.807, 2.05) is 0 Å². The summed E-state index contributed by atoms with van der Waals surface area (Å²) in [6.07, 6.45) is 0.236. The molecule has 8 nitrogen and oxygen atoms in total. The molecule has 1 aliphatic rings. The molecule has 136 valence electrons. The highest BCUT2D eigenvalue weighted by Gasteiger charge is 2.34. The van der Waals surface area contributed by atoms with Crippen LogP contribution in [0.5, 0.6) is 0 Å². The molecule has 1 atom stereocenters. The van der Waals surface area contributed by atoms with Crippen molar-refractivity contribution in [2.24, 2.45) is 5.92 Å². The Labute approximate surface area is 149 Å². The molecular weight excluding hydrogens is 366 g/mol. The Bertz CT molecular complexity index is 823. The summed E-state index contributed by atoms with van der Waals surface area (Å²) in [4.78, 5) is 12.3. The van der Waals surface area contributed by atoms with E-state index >= 15 is 0 Å². The molecule has 2 aromatic heterocycles. The number of piperidine rings is 1. The second kappa shape index (κ2) is 7.22. The number of hydrogen-bond acceptors (Lipinski definition) is 8. The van der Waals surface area contributed by atoms with Crippen molar-refractivity contribution in [3.8, 4) is 0 Å². The first-order chi connectivity index (χ1) is 11.9. The molecule has 0 aromatic carbocycles. The van der Waals surface area contributed by atoms with Crippen LogP contribution < -0.4 is 0 Å². The van der Waals surface area contributed by atoms with Crippen molar-refractivity contribution in [2.75, 3.05) is 13.1 Å². The predicted octanol–water partition coefficient (Wildman–Crippen LogP) is 2.14. The minimum absolute atomic E-state index is 0.253. The van der Waals surface area contributed by atoms with E-state index < -0.39 is 16.1 Å². The van der Waals surface area contributed by atoms with Gasteiger partial charge in [-0.1, -0.05) is 6.07 Å². The molecule has 0 spiro atoms. The molecule has 0 radical (unpaired) electrons. The normalized spacial score (nSPS) is 18.2. The Kier molecular flexibility index (Phi) is 5.21. The molecule has 3 rings (SSSR count). The molecule has 0 aliphatic carbocycles. The van der Waals surface area contributed by atoms with Crippen LogP contribution in [0.25, 0.3) is 0 Å². The van der Waals surface area contributed by atoms with Gasteiger partial charge in [0.2, 0.25) is 5.89 Å². The Morgan fingerprint density at radius 3 is 2.68 bits per heavy atom. The zero-order chi connectivity index (χ0) is 18.0. The zero-order valence-electron chi connectivity index (χ0n) is 13.9. The van der Waals surface area contributed by atoms with Crippen LogP contribution in [0.4, 0.5) is 0 Å². The molecule has 1 unspecified atom stereocenters. The fourth-order valence-electron chi connectivity index (χ4n) is 2.67. The maximum absolute atomic E-state index is 12.5. The van der Waals surface area contributed by atoms with E-state index in [9.17, 15) is 13.2 Å². The number of aryl methyl sites for hydroxylation is 1. The molecular formula is C15H19N3O5S2. The number of rotatable bonds is 5. The van der Waals surface area contributed by atoms with Crippen molar-refractivity contribution in [2.45, 2.75) is 37.0 Å². The van der Waals surface area contributed by atoms with Gasteiger partial charge < -0.3 is 9.15 Å². The second-order valence-electron chi connectivity index (χ2n) is 5.85. The van der Waals surface area contributed by atoms with Crippen molar-refractivity contribution in [3.05, 3.63) is 29.3 Å². The van der Waals surface area contributed by atoms with Gasteiger partial charge >= 0.3 is 5.97 Å². The highest BCUT2D eigenvalue weighted by molar-refractivity contribution is 7.91. The number of esters is 1. The van der Waals surface area contributed by atoms with Crippen molar-refractivity contribution >= 4 is 27.3 Å². The lowest BCUT2D eigenvalue weighted by Crippen LogP contribution is -2.40. The number of aromatic nitrogens is 2. The number of carbonyl (C=O) groups is 1. The van der Waals surface area contributed by atoms with E-state index in [0.29, 0.717) is 36.0 Å². The third kappa shape index (κ3) is 3.91. The Hall–Kier alpha value is -1.78. The fraction of sp³-hybridized carbons (Fsp3) is 0.533. The van der Waals surface area contributed by atoms with Gasteiger partial charge in [0.1, 0.15) is 4.21 Å². The van der Waals surface area contributed by atoms with E-state index in [2.05, 4.69) is 10.2 Å². The second-order valence-corrected chi connectivity index (χ2v) is 8.96. The average Bonchev–Trinajstić information content (AvgIpc) is 3.26. The number of hydrogen-bond donors (Lipinski definition) is 0. The maximum Gasteiger partial charge on any atom is 0.309 e. The van der Waals surface area contributed by atoms with Crippen LogP contribution in [0.2, 0.25) is 0 Å². The monoisotopic (exact) mass is 385 g/mol. The highest BCUT2D eigenvalue weighted by atomic mass is 32.2. The SMILES string of the molecule is Cc1nnc(C(C)OC(=O)C2CCN(S(=O)(=O)c3cccs3)CC2)o1. The number of sulfonamides is 1. The van der Waals surface area contributed by atoms with E-state index in [1.165, 1.54) is 15.6 Å². The largest absolute Gasteiger partial charge is 0.452 e. The predicted molar refractivity (Wildman–Crippen MR) is 89.3 cm³/mol. The van der Waals surface area contributed by atoms with Gasteiger partial charge in [0, 0.05) is 20.0 Å². The first kappa shape index (κ1) is 18.0. The topological polar surface area (TPSA) is 103 Å². The molecule has 1 aliphatic heterocycles. The van der Waals surface area contributed by atoms with E-state index in [1.54, 1.807) is 31.4 Å². The van der Waals surface area contributed by atoms with Gasteiger partial charge in [0.25, 0.3) is 15.9 Å². The number of ether oxygens (including phenoxy) is 1. The van der Waals surface area contributed by atoms with Gasteiger partial charge in [-0.3, -0.25) is 4.79 Å². The first-order valence-electron chi connectivity index (χ1n) is 7.92. The third-order valence-corrected chi connectivity index (χ3v) is 7.33. The smallest absolute Gasteiger partial charge is 0.309 e. The third-order valence-electron chi connectivity index (χ3n) is 4.06. The Morgan fingerprint density at radius 1 is 1.40 bits per heavy atom. The molecule has 3 heterocycles. The molecule has 25 heavy (non-hydrogen) atoms. The summed E-state index contributed by atoms with van der Waals surface area (Å²) in [5.74, 6) is -0.0358. The molecule has 0 amide bonds. The summed E-state index contributed by atoms with van der Waals surface area (Å²) >= 11 is 1.19. The van der Waals surface area contributed by atoms with Crippen molar-refractivity contribution in [1.82, 2.24) is 14.5 Å². The molecule has 0 bridgehead atoms. The zero-order valence-corrected chi connectivity index (χ0v) is 15.5. The van der Waals surface area contributed by atoms with Crippen molar-refractivity contribution < 1.29 is 22.4 Å². The molecule has 2 aromatic rings. The van der Waals surface area contributed by atoms with Crippen LogP contribution in [0, 0.1) is 12.8 Å². The summed E-state index contributed by atoms with van der Waals surface area (Å²) in [6, 6.07) is 3.30. The highest BCUT2D eigenvalue weighted by Crippen LogP contribution is 2.28. The Balaban J connectivity index is 1.56. The van der Waals surface area contributed by atoms with Crippen LogP contribution in [-0.4, -0.2) is 42.0 Å². The average molecular weight is 385 g/mol. The molecule has 1 saturated heterocycles. The maximum atomic E-state index is 12.5. The van der Waals surface area contributed by atoms with Crippen LogP contribution in [0.15, 0.2) is 26.1 Å². The Morgan fingerprint density at radius 2 is 2.12 bits per heavy atom. The number of nitrogens with zero attached hydrogens (tertiary/aromatic N) is 3. The van der Waals surface area contributed by atoms with Crippen molar-refractivity contribution in [3.63, 3.8) is 0 Å². The summed E-state index contributed by atoms with van der Waals surface area (Å²) in [6.45, 7) is 3.93. The van der Waals surface area contributed by atoms with Gasteiger partial charge in [0.05, 0.1) is 5.92 Å². The van der Waals surface area contributed by atoms with Gasteiger partial charge in [0.15, 0.2) is 6.10 Å². The molecule has 10 heteroatoms. The standard InChI is InChI=1S/C15H19N3O5S2/c1-10(14-17-16-11(2)23-14)22-15(19)12-5-7-18(8-6-12)25(20,21)13-4-3-9-24-13/h3-4,9-10,12H,5-8H2,1-2H3. The lowest BCUT2D eigenvalue weighted by Gasteiger charge is -2.30. The molecule has 0 N–H and O–H groups in total. The number of thiophene rings is 1. The lowest BCUT2D eigenvalue weighted by atomic mass is 9.98. The van der Waals surface area contributed by atoms with Gasteiger partial charge in [-0.15, -0.1) is 21.5 Å². The first-order valence-corrected chi connectivity index (χ1v) is 10.2. The molecule has 1 fully saturated rings. The minimum atomic E-state index is -3.46. The van der Waals surface area contributed by atoms with Crippen molar-refractivity contribution in [1.29, 1.82) is 0 Å². The summed E-state index contributed by atoms with van der Waals surface area (Å²) < 4.78 is 37.3. The lowest BCUT2D eigenvalue weighted by molar-refractivity contribution is -0.156. The van der Waals surface area contributed by atoms with Gasteiger partial charge in [-0.05, 0) is 31.2 Å². The number of carbonyl (C=O) groups excluding carboxylic acids is 1. The van der Waals surface area contributed by atoms with Crippen LogP contribution in [-0.2, 0) is 19.6 Å². The van der Waals surface area contributed by atoms with Gasteiger partial charge in [-0.2, -0.15) is 4.31 Å². The summed E-state index contributed by atoms with van der Waals surface area (Å²) in [7, 11) is -3.46. The fourth-order valence-corrected chi connectivity index (χ4v) is 5.28. The van der Waals surface area contributed by atoms with E-state index in [0.717, 1.165) is 0 Å². The van der Waals surface area contributed by atoms with Crippen LogP contribution >= 0.6 is 11.3 Å².